The van der Waals surface area contributed by atoms with E-state index in [0.717, 1.165) is 37.0 Å². The highest BCUT2D eigenvalue weighted by Crippen LogP contribution is 2.10. The number of nitrogens with zero attached hydrogens (tertiary/aromatic N) is 3. The van der Waals surface area contributed by atoms with Crippen LogP contribution in [-0.4, -0.2) is 51.3 Å². The maximum Gasteiger partial charge on any atom is 0.191 e. The zero-order valence-corrected chi connectivity index (χ0v) is 16.3. The molecular weight excluding hydrogens is 393 g/mol. The number of rotatable bonds is 8. The lowest BCUT2D eigenvalue weighted by Gasteiger charge is -2.13. The second-order valence-electron chi connectivity index (χ2n) is 4.74. The van der Waals surface area contributed by atoms with Gasteiger partial charge in [0.05, 0.1) is 13.2 Å². The quantitative estimate of drug-likeness (QED) is 0.291. The minimum Gasteiger partial charge on any atom is -0.380 e. The van der Waals surface area contributed by atoms with Gasteiger partial charge >= 0.3 is 0 Å². The third kappa shape index (κ3) is 8.38. The number of guanidine groups is 1. The molecule has 0 aliphatic heterocycles. The monoisotopic (exact) mass is 421 g/mol. The summed E-state index contributed by atoms with van der Waals surface area (Å²) in [5.74, 6) is 1.75. The number of aliphatic imine (C=N–C) groups is 1. The minimum atomic E-state index is 0. The molecule has 7 heteroatoms. The van der Waals surface area contributed by atoms with Gasteiger partial charge in [-0.25, -0.2) is 9.98 Å². The first kappa shape index (κ1) is 20.9. The normalized spacial score (nSPS) is 10.8. The Balaban J connectivity index is 0.00000441. The fourth-order valence-corrected chi connectivity index (χ4v) is 1.70. The van der Waals surface area contributed by atoms with Crippen LogP contribution in [0.15, 0.2) is 23.3 Å². The number of ether oxygens (including phenoxy) is 1. The van der Waals surface area contributed by atoms with E-state index in [0.29, 0.717) is 13.2 Å². The molecule has 1 aromatic heterocycles. The van der Waals surface area contributed by atoms with Crippen molar-refractivity contribution >= 4 is 35.8 Å². The molecule has 0 aliphatic carbocycles. The third-order valence-corrected chi connectivity index (χ3v) is 2.78. The van der Waals surface area contributed by atoms with Gasteiger partial charge in [-0.15, -0.1) is 24.0 Å². The average molecular weight is 421 g/mol. The highest BCUT2D eigenvalue weighted by atomic mass is 127. The Morgan fingerprint density at radius 1 is 1.32 bits per heavy atom. The van der Waals surface area contributed by atoms with E-state index >= 15 is 0 Å². The summed E-state index contributed by atoms with van der Waals surface area (Å²) in [4.78, 5) is 10.9. The summed E-state index contributed by atoms with van der Waals surface area (Å²) in [7, 11) is 3.96. The van der Waals surface area contributed by atoms with Gasteiger partial charge in [-0.3, -0.25) is 0 Å². The maximum atomic E-state index is 5.31. The van der Waals surface area contributed by atoms with Crippen molar-refractivity contribution in [3.63, 3.8) is 0 Å². The Hall–Kier alpha value is -1.09. The standard InChI is InChI=1S/C15H27N5O.HI/c1-5-16-15(18-9-10-21-6-2)19-12-13-7-8-17-14(11-13)20(3)4;/h7-8,11H,5-6,9-10,12H2,1-4H3,(H2,16,18,19);1H. The van der Waals surface area contributed by atoms with E-state index in [9.17, 15) is 0 Å². The first-order valence-corrected chi connectivity index (χ1v) is 7.39. The molecule has 0 radical (unpaired) electrons. The zero-order chi connectivity index (χ0) is 15.5. The molecule has 0 spiro atoms. The van der Waals surface area contributed by atoms with Gasteiger partial charge in [0.2, 0.25) is 0 Å². The van der Waals surface area contributed by atoms with Crippen LogP contribution in [0.2, 0.25) is 0 Å². The number of halogens is 1. The fraction of sp³-hybridized carbons (Fsp3) is 0.600. The summed E-state index contributed by atoms with van der Waals surface area (Å²) < 4.78 is 5.31. The number of pyridine rings is 1. The zero-order valence-electron chi connectivity index (χ0n) is 13.9. The van der Waals surface area contributed by atoms with Crippen LogP contribution < -0.4 is 15.5 Å². The highest BCUT2D eigenvalue weighted by molar-refractivity contribution is 14.0. The van der Waals surface area contributed by atoms with Crippen LogP contribution in [0.3, 0.4) is 0 Å². The molecular formula is C15H28IN5O. The fourth-order valence-electron chi connectivity index (χ4n) is 1.70. The number of anilines is 1. The Kier molecular flexibility index (Phi) is 11.8. The molecule has 2 N–H and O–H groups in total. The Morgan fingerprint density at radius 3 is 2.73 bits per heavy atom. The topological polar surface area (TPSA) is 61.8 Å². The van der Waals surface area contributed by atoms with Crippen LogP contribution in [-0.2, 0) is 11.3 Å². The molecule has 0 atom stereocenters. The molecule has 0 aromatic carbocycles. The third-order valence-electron chi connectivity index (χ3n) is 2.78. The van der Waals surface area contributed by atoms with Crippen molar-refractivity contribution in [2.75, 3.05) is 45.3 Å². The molecule has 0 unspecified atom stereocenters. The maximum absolute atomic E-state index is 5.31. The molecule has 1 aromatic rings. The van der Waals surface area contributed by atoms with Gasteiger partial charge < -0.3 is 20.3 Å². The smallest absolute Gasteiger partial charge is 0.191 e. The molecule has 22 heavy (non-hydrogen) atoms. The van der Waals surface area contributed by atoms with E-state index in [2.05, 4.69) is 27.5 Å². The molecule has 0 fully saturated rings. The Morgan fingerprint density at radius 2 is 2.09 bits per heavy atom. The Labute approximate surface area is 150 Å². The van der Waals surface area contributed by atoms with Crippen molar-refractivity contribution in [2.45, 2.75) is 20.4 Å². The second kappa shape index (κ2) is 12.5. The van der Waals surface area contributed by atoms with Gasteiger partial charge in [-0.05, 0) is 31.5 Å². The van der Waals surface area contributed by atoms with E-state index < -0.39 is 0 Å². The predicted molar refractivity (Wildman–Crippen MR) is 103 cm³/mol. The first-order valence-electron chi connectivity index (χ1n) is 7.39. The van der Waals surface area contributed by atoms with E-state index in [1.807, 2.05) is 44.2 Å². The van der Waals surface area contributed by atoms with E-state index in [1.54, 1.807) is 0 Å². The van der Waals surface area contributed by atoms with Crippen LogP contribution in [0, 0.1) is 0 Å². The minimum absolute atomic E-state index is 0. The van der Waals surface area contributed by atoms with Crippen LogP contribution in [0.4, 0.5) is 5.82 Å². The summed E-state index contributed by atoms with van der Waals surface area (Å²) in [6.07, 6.45) is 1.82. The first-order chi connectivity index (χ1) is 10.2. The summed E-state index contributed by atoms with van der Waals surface area (Å²) in [5, 5.41) is 6.48. The number of hydrogen-bond donors (Lipinski definition) is 2. The molecule has 1 rings (SSSR count). The molecule has 6 nitrogen and oxygen atoms in total. The lowest BCUT2D eigenvalue weighted by Crippen LogP contribution is -2.39. The number of aromatic nitrogens is 1. The van der Waals surface area contributed by atoms with Crippen molar-refractivity contribution in [1.29, 1.82) is 0 Å². The van der Waals surface area contributed by atoms with Crippen LogP contribution in [0.5, 0.6) is 0 Å². The molecule has 0 bridgehead atoms. The van der Waals surface area contributed by atoms with Gasteiger partial charge in [-0.2, -0.15) is 0 Å². The van der Waals surface area contributed by atoms with Gasteiger partial charge in [0.1, 0.15) is 5.82 Å². The van der Waals surface area contributed by atoms with Gasteiger partial charge in [0.25, 0.3) is 0 Å². The van der Waals surface area contributed by atoms with Crippen molar-refractivity contribution < 1.29 is 4.74 Å². The summed E-state index contributed by atoms with van der Waals surface area (Å²) >= 11 is 0. The van der Waals surface area contributed by atoms with Crippen LogP contribution in [0.25, 0.3) is 0 Å². The number of nitrogens with one attached hydrogen (secondary N) is 2. The van der Waals surface area contributed by atoms with Crippen molar-refractivity contribution in [1.82, 2.24) is 15.6 Å². The highest BCUT2D eigenvalue weighted by Gasteiger charge is 2.00. The van der Waals surface area contributed by atoms with Crippen molar-refractivity contribution in [3.05, 3.63) is 23.9 Å². The SMILES string of the molecule is CCNC(=NCc1ccnc(N(C)C)c1)NCCOCC.I. The van der Waals surface area contributed by atoms with E-state index in [-0.39, 0.29) is 24.0 Å². The molecule has 0 amide bonds. The van der Waals surface area contributed by atoms with Crippen molar-refractivity contribution in [2.24, 2.45) is 4.99 Å². The largest absolute Gasteiger partial charge is 0.380 e. The molecule has 1 heterocycles. The molecule has 0 saturated carbocycles. The predicted octanol–water partition coefficient (Wildman–Crippen LogP) is 1.86. The van der Waals surface area contributed by atoms with E-state index in [4.69, 9.17) is 4.74 Å². The van der Waals surface area contributed by atoms with Crippen LogP contribution >= 0.6 is 24.0 Å². The number of hydrogen-bond acceptors (Lipinski definition) is 4. The van der Waals surface area contributed by atoms with Crippen LogP contribution in [0.1, 0.15) is 19.4 Å². The van der Waals surface area contributed by atoms with Gasteiger partial charge in [0.15, 0.2) is 5.96 Å². The Bertz CT molecular complexity index is 440. The van der Waals surface area contributed by atoms with Gasteiger partial charge in [-0.1, -0.05) is 0 Å². The second-order valence-corrected chi connectivity index (χ2v) is 4.74. The summed E-state index contributed by atoms with van der Waals surface area (Å²) in [6, 6.07) is 4.04. The van der Waals surface area contributed by atoms with E-state index in [1.165, 1.54) is 0 Å². The summed E-state index contributed by atoms with van der Waals surface area (Å²) in [5.41, 5.74) is 1.13. The van der Waals surface area contributed by atoms with Gasteiger partial charge in [0, 0.05) is 40.0 Å². The molecule has 126 valence electrons. The lowest BCUT2D eigenvalue weighted by atomic mass is 10.2. The molecule has 0 saturated heterocycles. The lowest BCUT2D eigenvalue weighted by molar-refractivity contribution is 0.152. The average Bonchev–Trinajstić information content (AvgIpc) is 2.49. The van der Waals surface area contributed by atoms with Crippen molar-refractivity contribution in [3.8, 4) is 0 Å². The molecule has 0 aliphatic rings. The summed E-state index contributed by atoms with van der Waals surface area (Å²) in [6.45, 7) is 7.66.